The van der Waals surface area contributed by atoms with Crippen molar-refractivity contribution in [2.24, 2.45) is 0 Å². The van der Waals surface area contributed by atoms with E-state index >= 15 is 0 Å². The molecule has 1 heterocycles. The van der Waals surface area contributed by atoms with E-state index in [1.165, 1.54) is 11.3 Å². The van der Waals surface area contributed by atoms with Crippen LogP contribution in [0.1, 0.15) is 39.4 Å². The van der Waals surface area contributed by atoms with E-state index in [2.05, 4.69) is 5.32 Å². The summed E-state index contributed by atoms with van der Waals surface area (Å²) in [6.07, 6.45) is -1.23. The lowest BCUT2D eigenvalue weighted by atomic mass is 10.1. The molecule has 17 heavy (non-hydrogen) atoms. The molecule has 1 unspecified atom stereocenters. The normalized spacial score (nSPS) is 15.1. The van der Waals surface area contributed by atoms with Gasteiger partial charge in [-0.2, -0.15) is 11.3 Å². The Labute approximate surface area is 106 Å². The van der Waals surface area contributed by atoms with Gasteiger partial charge in [-0.1, -0.05) is 0 Å². The Kier molecular flexibility index (Phi) is 4.54. The zero-order valence-corrected chi connectivity index (χ0v) is 11.4. The van der Waals surface area contributed by atoms with Crippen molar-refractivity contribution >= 4 is 17.4 Å². The van der Waals surface area contributed by atoms with E-state index in [-0.39, 0.29) is 6.04 Å². The standard InChI is InChI=1S/C12H19NO3S/c1-8(10(14)9-5-6-17-7-9)13-11(15)16-12(2,3)4/h5-8,10,14H,1-4H3,(H,13,15)/t8-,10?/m0/s1. The SMILES string of the molecule is C[C@H](NC(=O)OC(C)(C)C)C(O)c1ccsc1. The number of aliphatic hydroxyl groups is 1. The molecule has 0 fully saturated rings. The lowest BCUT2D eigenvalue weighted by molar-refractivity contribution is 0.0436. The summed E-state index contributed by atoms with van der Waals surface area (Å²) >= 11 is 1.51. The molecular weight excluding hydrogens is 238 g/mol. The van der Waals surface area contributed by atoms with Gasteiger partial charge in [0.2, 0.25) is 0 Å². The molecule has 0 saturated carbocycles. The Hall–Kier alpha value is -1.07. The van der Waals surface area contributed by atoms with Crippen molar-refractivity contribution in [3.05, 3.63) is 22.4 Å². The van der Waals surface area contributed by atoms with E-state index in [0.717, 1.165) is 5.56 Å². The first-order valence-corrected chi connectivity index (χ1v) is 6.43. The Morgan fingerprint density at radius 2 is 2.18 bits per heavy atom. The van der Waals surface area contributed by atoms with Gasteiger partial charge in [-0.05, 0) is 50.1 Å². The van der Waals surface area contributed by atoms with Crippen LogP contribution < -0.4 is 5.32 Å². The first kappa shape index (κ1) is 14.0. The molecule has 1 aromatic rings. The van der Waals surface area contributed by atoms with E-state index in [0.29, 0.717) is 0 Å². The van der Waals surface area contributed by atoms with Gasteiger partial charge < -0.3 is 15.2 Å². The van der Waals surface area contributed by atoms with Crippen molar-refractivity contribution in [3.8, 4) is 0 Å². The second kappa shape index (κ2) is 5.51. The van der Waals surface area contributed by atoms with Crippen LogP contribution in [-0.2, 0) is 4.74 Å². The maximum Gasteiger partial charge on any atom is 0.407 e. The molecule has 0 radical (unpaired) electrons. The minimum atomic E-state index is -0.714. The molecule has 2 N–H and O–H groups in total. The van der Waals surface area contributed by atoms with Crippen molar-refractivity contribution in [3.63, 3.8) is 0 Å². The molecule has 96 valence electrons. The van der Waals surface area contributed by atoms with E-state index in [1.807, 2.05) is 16.8 Å². The highest BCUT2D eigenvalue weighted by atomic mass is 32.1. The molecule has 5 heteroatoms. The predicted octanol–water partition coefficient (Wildman–Crippen LogP) is 2.69. The second-order valence-electron chi connectivity index (χ2n) is 4.94. The number of alkyl carbamates (subject to hydrolysis) is 1. The minimum Gasteiger partial charge on any atom is -0.444 e. The highest BCUT2D eigenvalue weighted by Crippen LogP contribution is 2.19. The monoisotopic (exact) mass is 257 g/mol. The highest BCUT2D eigenvalue weighted by molar-refractivity contribution is 7.07. The minimum absolute atomic E-state index is 0.389. The molecule has 0 bridgehead atoms. The van der Waals surface area contributed by atoms with Crippen LogP contribution >= 0.6 is 11.3 Å². The van der Waals surface area contributed by atoms with Gasteiger partial charge >= 0.3 is 6.09 Å². The topological polar surface area (TPSA) is 58.6 Å². The molecule has 4 nitrogen and oxygen atoms in total. The van der Waals surface area contributed by atoms with Gasteiger partial charge in [0.05, 0.1) is 12.1 Å². The first-order chi connectivity index (χ1) is 7.79. The molecule has 1 amide bonds. The number of amides is 1. The molecule has 0 saturated heterocycles. The fraction of sp³-hybridized carbons (Fsp3) is 0.583. The lowest BCUT2D eigenvalue weighted by Gasteiger charge is -2.24. The number of thiophene rings is 1. The number of carbonyl (C=O) groups is 1. The van der Waals surface area contributed by atoms with Gasteiger partial charge in [-0.25, -0.2) is 4.79 Å². The van der Waals surface area contributed by atoms with Crippen LogP contribution in [0.4, 0.5) is 4.79 Å². The maximum atomic E-state index is 11.5. The second-order valence-corrected chi connectivity index (χ2v) is 5.72. The molecule has 0 spiro atoms. The van der Waals surface area contributed by atoms with Crippen LogP contribution in [0.15, 0.2) is 16.8 Å². The number of carbonyl (C=O) groups excluding carboxylic acids is 1. The van der Waals surface area contributed by atoms with E-state index in [1.54, 1.807) is 27.7 Å². The van der Waals surface area contributed by atoms with Crippen LogP contribution in [0, 0.1) is 0 Å². The number of aliphatic hydroxyl groups excluding tert-OH is 1. The summed E-state index contributed by atoms with van der Waals surface area (Å²) < 4.78 is 5.12. The van der Waals surface area contributed by atoms with Crippen molar-refractivity contribution < 1.29 is 14.6 Å². The van der Waals surface area contributed by atoms with E-state index < -0.39 is 17.8 Å². The van der Waals surface area contributed by atoms with Crippen molar-refractivity contribution in [2.45, 2.75) is 45.4 Å². The summed E-state index contributed by atoms with van der Waals surface area (Å²) in [5.41, 5.74) is 0.274. The van der Waals surface area contributed by atoms with Crippen molar-refractivity contribution in [1.82, 2.24) is 5.32 Å². The average Bonchev–Trinajstić information content (AvgIpc) is 2.65. The third-order valence-corrected chi connectivity index (χ3v) is 2.80. The van der Waals surface area contributed by atoms with Gasteiger partial charge in [-0.15, -0.1) is 0 Å². The summed E-state index contributed by atoms with van der Waals surface area (Å²) in [6.45, 7) is 7.14. The van der Waals surface area contributed by atoms with Gasteiger partial charge in [0.25, 0.3) is 0 Å². The third-order valence-electron chi connectivity index (χ3n) is 2.10. The van der Waals surface area contributed by atoms with Crippen LogP contribution in [0.5, 0.6) is 0 Å². The Balaban J connectivity index is 2.49. The van der Waals surface area contributed by atoms with Crippen LogP contribution in [0.2, 0.25) is 0 Å². The van der Waals surface area contributed by atoms with Gasteiger partial charge in [0, 0.05) is 0 Å². The highest BCUT2D eigenvalue weighted by Gasteiger charge is 2.22. The molecule has 2 atom stereocenters. The molecule has 0 aromatic carbocycles. The van der Waals surface area contributed by atoms with Crippen molar-refractivity contribution in [2.75, 3.05) is 0 Å². The quantitative estimate of drug-likeness (QED) is 0.875. The third kappa shape index (κ3) is 4.75. The Morgan fingerprint density at radius 1 is 1.53 bits per heavy atom. The predicted molar refractivity (Wildman–Crippen MR) is 68.1 cm³/mol. The Bertz CT molecular complexity index is 356. The number of ether oxygens (including phenoxy) is 1. The fourth-order valence-electron chi connectivity index (χ4n) is 1.30. The summed E-state index contributed by atoms with van der Waals surface area (Å²) in [5, 5.41) is 16.3. The van der Waals surface area contributed by atoms with Gasteiger partial charge in [0.15, 0.2) is 0 Å². The van der Waals surface area contributed by atoms with Gasteiger partial charge in [-0.3, -0.25) is 0 Å². The molecule has 1 rings (SSSR count). The summed E-state index contributed by atoms with van der Waals surface area (Å²) in [6, 6.07) is 1.45. The number of hydrogen-bond acceptors (Lipinski definition) is 4. The van der Waals surface area contributed by atoms with Crippen LogP contribution in [-0.4, -0.2) is 22.8 Å². The van der Waals surface area contributed by atoms with Crippen LogP contribution in [0.25, 0.3) is 0 Å². The molecule has 0 aliphatic carbocycles. The zero-order chi connectivity index (χ0) is 13.1. The summed E-state index contributed by atoms with van der Waals surface area (Å²) in [7, 11) is 0. The lowest BCUT2D eigenvalue weighted by Crippen LogP contribution is -2.40. The smallest absolute Gasteiger partial charge is 0.407 e. The number of nitrogens with one attached hydrogen (secondary N) is 1. The number of hydrogen-bond donors (Lipinski definition) is 2. The van der Waals surface area contributed by atoms with Crippen LogP contribution in [0.3, 0.4) is 0 Å². The molecule has 1 aromatic heterocycles. The van der Waals surface area contributed by atoms with E-state index in [4.69, 9.17) is 4.74 Å². The molecule has 0 aliphatic heterocycles. The summed E-state index contributed by atoms with van der Waals surface area (Å²) in [4.78, 5) is 11.5. The number of rotatable bonds is 3. The molecular formula is C12H19NO3S. The summed E-state index contributed by atoms with van der Waals surface area (Å²) in [5.74, 6) is 0. The largest absolute Gasteiger partial charge is 0.444 e. The maximum absolute atomic E-state index is 11.5. The fourth-order valence-corrected chi connectivity index (χ4v) is 1.99. The molecule has 0 aliphatic rings. The van der Waals surface area contributed by atoms with Gasteiger partial charge in [0.1, 0.15) is 5.60 Å². The Morgan fingerprint density at radius 3 is 2.65 bits per heavy atom. The van der Waals surface area contributed by atoms with E-state index in [9.17, 15) is 9.90 Å². The first-order valence-electron chi connectivity index (χ1n) is 5.49. The van der Waals surface area contributed by atoms with Crippen molar-refractivity contribution in [1.29, 1.82) is 0 Å². The average molecular weight is 257 g/mol. The zero-order valence-electron chi connectivity index (χ0n) is 10.6.